The van der Waals surface area contributed by atoms with Crippen LogP contribution in [0.15, 0.2) is 16.9 Å². The van der Waals surface area contributed by atoms with Crippen molar-refractivity contribution in [1.29, 1.82) is 0 Å². The van der Waals surface area contributed by atoms with Gasteiger partial charge in [-0.25, -0.2) is 0 Å². The highest BCUT2D eigenvalue weighted by atomic mass is 16.5. The van der Waals surface area contributed by atoms with Crippen LogP contribution in [-0.4, -0.2) is 15.4 Å². The number of nitrogens with zero attached hydrogens (tertiary/aromatic N) is 2. The fourth-order valence-corrected chi connectivity index (χ4v) is 1.53. The van der Waals surface area contributed by atoms with Gasteiger partial charge in [-0.3, -0.25) is 5.10 Å². The van der Waals surface area contributed by atoms with Gasteiger partial charge >= 0.3 is 0 Å². The first-order valence-corrected chi connectivity index (χ1v) is 4.91. The van der Waals surface area contributed by atoms with Gasteiger partial charge in [0.2, 0.25) is 5.88 Å². The molecule has 80 valence electrons. The minimum atomic E-state index is 0.403. The number of aromatic amines is 1. The molecule has 0 saturated heterocycles. The highest BCUT2D eigenvalue weighted by Gasteiger charge is 2.16. The SMILES string of the molecule is CC(C)Cc1c(-c2cn[nH]c2)noc1N. The lowest BCUT2D eigenvalue weighted by Gasteiger charge is -2.03. The molecule has 2 aromatic rings. The van der Waals surface area contributed by atoms with Crippen LogP contribution >= 0.6 is 0 Å². The molecule has 0 saturated carbocycles. The van der Waals surface area contributed by atoms with Crippen molar-refractivity contribution in [3.05, 3.63) is 18.0 Å². The lowest BCUT2D eigenvalue weighted by atomic mass is 10.0. The van der Waals surface area contributed by atoms with Crippen molar-refractivity contribution in [2.24, 2.45) is 5.92 Å². The molecular weight excluding hydrogens is 192 g/mol. The maximum Gasteiger partial charge on any atom is 0.225 e. The molecule has 0 amide bonds. The summed E-state index contributed by atoms with van der Waals surface area (Å²) < 4.78 is 5.01. The smallest absolute Gasteiger partial charge is 0.225 e. The number of H-pyrrole nitrogens is 1. The molecule has 3 N–H and O–H groups in total. The van der Waals surface area contributed by atoms with Gasteiger partial charge in [-0.2, -0.15) is 5.10 Å². The van der Waals surface area contributed by atoms with Crippen LogP contribution in [0.25, 0.3) is 11.3 Å². The van der Waals surface area contributed by atoms with Gasteiger partial charge < -0.3 is 10.3 Å². The highest BCUT2D eigenvalue weighted by Crippen LogP contribution is 2.28. The summed E-state index contributed by atoms with van der Waals surface area (Å²) in [6, 6.07) is 0. The zero-order chi connectivity index (χ0) is 10.8. The van der Waals surface area contributed by atoms with E-state index in [1.165, 1.54) is 0 Å². The summed E-state index contributed by atoms with van der Waals surface area (Å²) in [6.07, 6.45) is 4.35. The van der Waals surface area contributed by atoms with Crippen LogP contribution in [0.1, 0.15) is 19.4 Å². The van der Waals surface area contributed by atoms with Gasteiger partial charge in [-0.15, -0.1) is 0 Å². The second kappa shape index (κ2) is 3.76. The van der Waals surface area contributed by atoms with E-state index < -0.39 is 0 Å². The van der Waals surface area contributed by atoms with E-state index in [4.69, 9.17) is 10.3 Å². The first-order valence-electron chi connectivity index (χ1n) is 4.91. The van der Waals surface area contributed by atoms with E-state index in [0.29, 0.717) is 11.8 Å². The summed E-state index contributed by atoms with van der Waals surface area (Å²) in [5.74, 6) is 0.914. The van der Waals surface area contributed by atoms with Crippen LogP contribution in [0, 0.1) is 5.92 Å². The monoisotopic (exact) mass is 206 g/mol. The zero-order valence-electron chi connectivity index (χ0n) is 8.82. The number of anilines is 1. The second-order valence-corrected chi connectivity index (χ2v) is 3.96. The predicted molar refractivity (Wildman–Crippen MR) is 57.0 cm³/mol. The van der Waals surface area contributed by atoms with Crippen LogP contribution in [0.5, 0.6) is 0 Å². The molecule has 0 spiro atoms. The Morgan fingerprint density at radius 2 is 2.33 bits per heavy atom. The van der Waals surface area contributed by atoms with E-state index in [1.807, 2.05) is 0 Å². The number of nitrogens with one attached hydrogen (secondary N) is 1. The van der Waals surface area contributed by atoms with E-state index in [2.05, 4.69) is 29.2 Å². The third-order valence-corrected chi connectivity index (χ3v) is 2.20. The van der Waals surface area contributed by atoms with Crippen LogP contribution in [0.2, 0.25) is 0 Å². The minimum absolute atomic E-state index is 0.403. The van der Waals surface area contributed by atoms with E-state index in [0.717, 1.165) is 23.2 Å². The molecule has 0 fully saturated rings. The normalized spacial score (nSPS) is 11.1. The van der Waals surface area contributed by atoms with Crippen molar-refractivity contribution in [2.75, 3.05) is 5.73 Å². The molecule has 2 aromatic heterocycles. The molecule has 5 nitrogen and oxygen atoms in total. The summed E-state index contributed by atoms with van der Waals surface area (Å²) in [5.41, 5.74) is 8.40. The quantitative estimate of drug-likeness (QED) is 0.803. The molecule has 0 radical (unpaired) electrons. The highest BCUT2D eigenvalue weighted by molar-refractivity contribution is 5.65. The Bertz CT molecular complexity index is 430. The maximum absolute atomic E-state index is 5.74. The van der Waals surface area contributed by atoms with Gasteiger partial charge in [-0.1, -0.05) is 19.0 Å². The van der Waals surface area contributed by atoms with Crippen molar-refractivity contribution >= 4 is 5.88 Å². The molecule has 15 heavy (non-hydrogen) atoms. The van der Waals surface area contributed by atoms with Gasteiger partial charge in [-0.05, 0) is 12.3 Å². The third-order valence-electron chi connectivity index (χ3n) is 2.20. The number of nitrogens with two attached hydrogens (primary N) is 1. The largest absolute Gasteiger partial charge is 0.367 e. The van der Waals surface area contributed by atoms with Gasteiger partial charge in [0, 0.05) is 17.3 Å². The lowest BCUT2D eigenvalue weighted by Crippen LogP contribution is -1.98. The lowest BCUT2D eigenvalue weighted by molar-refractivity contribution is 0.438. The number of rotatable bonds is 3. The van der Waals surface area contributed by atoms with Gasteiger partial charge in [0.15, 0.2) is 0 Å². The molecular formula is C10H14N4O. The Morgan fingerprint density at radius 1 is 1.53 bits per heavy atom. The van der Waals surface area contributed by atoms with Crippen molar-refractivity contribution in [3.8, 4) is 11.3 Å². The van der Waals surface area contributed by atoms with Crippen LogP contribution in [0.3, 0.4) is 0 Å². The molecule has 2 heterocycles. The summed E-state index contributed by atoms with van der Waals surface area (Å²) in [5, 5.41) is 10.6. The summed E-state index contributed by atoms with van der Waals surface area (Å²) >= 11 is 0. The molecule has 0 unspecified atom stereocenters. The maximum atomic E-state index is 5.74. The Kier molecular flexibility index (Phi) is 2.45. The second-order valence-electron chi connectivity index (χ2n) is 3.96. The molecule has 0 aromatic carbocycles. The Morgan fingerprint density at radius 3 is 2.93 bits per heavy atom. The summed E-state index contributed by atoms with van der Waals surface area (Å²) in [4.78, 5) is 0. The molecule has 5 heteroatoms. The Hall–Kier alpha value is -1.78. The molecule has 2 rings (SSSR count). The van der Waals surface area contributed by atoms with Crippen molar-refractivity contribution in [1.82, 2.24) is 15.4 Å². The predicted octanol–water partition coefficient (Wildman–Crippen LogP) is 1.85. The average Bonchev–Trinajstić information content (AvgIpc) is 2.76. The van der Waals surface area contributed by atoms with Crippen molar-refractivity contribution < 1.29 is 4.52 Å². The fourth-order valence-electron chi connectivity index (χ4n) is 1.53. The third kappa shape index (κ3) is 1.86. The van der Waals surface area contributed by atoms with Crippen molar-refractivity contribution in [2.45, 2.75) is 20.3 Å². The van der Waals surface area contributed by atoms with Crippen LogP contribution in [0.4, 0.5) is 5.88 Å². The Balaban J connectivity index is 2.40. The van der Waals surface area contributed by atoms with E-state index in [9.17, 15) is 0 Å². The van der Waals surface area contributed by atoms with Gasteiger partial charge in [0.25, 0.3) is 0 Å². The standard InChI is InChI=1S/C10H14N4O/c1-6(2)3-8-9(14-15-10(8)11)7-4-12-13-5-7/h4-6H,3,11H2,1-2H3,(H,12,13). The first kappa shape index (κ1) is 9.76. The molecule has 0 bridgehead atoms. The zero-order valence-corrected chi connectivity index (χ0v) is 8.82. The minimum Gasteiger partial charge on any atom is -0.367 e. The first-order chi connectivity index (χ1) is 7.18. The molecule has 0 atom stereocenters. The van der Waals surface area contributed by atoms with Gasteiger partial charge in [0.1, 0.15) is 5.69 Å². The molecule has 0 aliphatic heterocycles. The van der Waals surface area contributed by atoms with Crippen LogP contribution < -0.4 is 5.73 Å². The average molecular weight is 206 g/mol. The van der Waals surface area contributed by atoms with Crippen molar-refractivity contribution in [3.63, 3.8) is 0 Å². The summed E-state index contributed by atoms with van der Waals surface area (Å²) in [7, 11) is 0. The number of hydrogen-bond acceptors (Lipinski definition) is 4. The van der Waals surface area contributed by atoms with Gasteiger partial charge in [0.05, 0.1) is 6.20 Å². The Labute approximate surface area is 87.7 Å². The molecule has 0 aliphatic rings. The van der Waals surface area contributed by atoms with Crippen LogP contribution in [-0.2, 0) is 6.42 Å². The molecule has 0 aliphatic carbocycles. The summed E-state index contributed by atoms with van der Waals surface area (Å²) in [6.45, 7) is 4.26. The fraction of sp³-hybridized carbons (Fsp3) is 0.400. The van der Waals surface area contributed by atoms with E-state index >= 15 is 0 Å². The topological polar surface area (TPSA) is 80.7 Å². The van der Waals surface area contributed by atoms with E-state index in [1.54, 1.807) is 12.4 Å². The number of nitrogen functional groups attached to an aromatic ring is 1. The van der Waals surface area contributed by atoms with E-state index in [-0.39, 0.29) is 0 Å². The number of aromatic nitrogens is 3. The number of hydrogen-bond donors (Lipinski definition) is 2.